The minimum absolute atomic E-state index is 0.495. The fourth-order valence-electron chi connectivity index (χ4n) is 4.26. The Kier molecular flexibility index (Phi) is 2.66. The van der Waals surface area contributed by atoms with Crippen molar-refractivity contribution in [1.29, 1.82) is 0 Å². The molecule has 0 heterocycles. The van der Waals surface area contributed by atoms with Gasteiger partial charge in [0.1, 0.15) is 0 Å². The van der Waals surface area contributed by atoms with E-state index in [-0.39, 0.29) is 0 Å². The molecule has 0 spiro atoms. The van der Waals surface area contributed by atoms with Crippen LogP contribution in [0.15, 0.2) is 12.2 Å². The highest BCUT2D eigenvalue weighted by atomic mass is 14.5. The zero-order valence-electron chi connectivity index (χ0n) is 9.57. The zero-order chi connectivity index (χ0) is 10.3. The third-order valence-electron chi connectivity index (χ3n) is 5.02. The molecule has 2 saturated carbocycles. The number of rotatable bonds is 0. The molecule has 0 aliphatic heterocycles. The van der Waals surface area contributed by atoms with Crippen molar-refractivity contribution in [1.82, 2.24) is 0 Å². The lowest BCUT2D eigenvalue weighted by Gasteiger charge is -2.27. The van der Waals surface area contributed by atoms with Crippen LogP contribution in [0.3, 0.4) is 0 Å². The lowest BCUT2D eigenvalue weighted by Crippen LogP contribution is -2.19. The molecule has 0 nitrogen and oxygen atoms in total. The SMILES string of the molecule is [B]C1CCCC2C3C=CC(C3)C2CCC1. The Bertz CT molecular complexity index is 234. The molecule has 3 rings (SSSR count). The summed E-state index contributed by atoms with van der Waals surface area (Å²) in [5.41, 5.74) is 0. The highest BCUT2D eigenvalue weighted by Gasteiger charge is 2.43. The standard InChI is InChI=1S/C14H21B/c15-12-3-1-5-13-10-7-8-11(9-10)14(13)6-2-4-12/h7-8,10-14H,1-6,9H2. The van der Waals surface area contributed by atoms with Gasteiger partial charge in [0.15, 0.2) is 0 Å². The lowest BCUT2D eigenvalue weighted by molar-refractivity contribution is 0.271. The van der Waals surface area contributed by atoms with Crippen LogP contribution in [0.1, 0.15) is 44.9 Å². The van der Waals surface area contributed by atoms with E-state index >= 15 is 0 Å². The van der Waals surface area contributed by atoms with Crippen molar-refractivity contribution in [3.63, 3.8) is 0 Å². The minimum Gasteiger partial charge on any atom is -0.0848 e. The van der Waals surface area contributed by atoms with Gasteiger partial charge >= 0.3 is 0 Å². The molecule has 4 atom stereocenters. The molecule has 0 aromatic carbocycles. The molecule has 0 aromatic rings. The average molecular weight is 200 g/mol. The molecule has 2 fully saturated rings. The molecular weight excluding hydrogens is 179 g/mol. The second-order valence-corrected chi connectivity index (χ2v) is 5.90. The summed E-state index contributed by atoms with van der Waals surface area (Å²) in [6.45, 7) is 0. The van der Waals surface area contributed by atoms with E-state index in [9.17, 15) is 0 Å². The summed E-state index contributed by atoms with van der Waals surface area (Å²) in [5, 5.41) is 0. The van der Waals surface area contributed by atoms with Crippen molar-refractivity contribution in [2.75, 3.05) is 0 Å². The second-order valence-electron chi connectivity index (χ2n) is 5.90. The number of allylic oxidation sites excluding steroid dienone is 2. The summed E-state index contributed by atoms with van der Waals surface area (Å²) in [4.78, 5) is 0. The Balaban J connectivity index is 1.72. The highest BCUT2D eigenvalue weighted by Crippen LogP contribution is 2.52. The molecule has 2 bridgehead atoms. The summed E-state index contributed by atoms with van der Waals surface area (Å²) in [6, 6.07) is 0. The first-order valence-electron chi connectivity index (χ1n) is 6.78. The maximum atomic E-state index is 6.09. The number of hydrogen-bond acceptors (Lipinski definition) is 0. The topological polar surface area (TPSA) is 0 Å². The Morgan fingerprint density at radius 2 is 1.33 bits per heavy atom. The maximum absolute atomic E-state index is 6.09. The average Bonchev–Trinajstić information content (AvgIpc) is 2.79. The lowest BCUT2D eigenvalue weighted by atomic mass is 9.78. The van der Waals surface area contributed by atoms with Crippen LogP contribution in [0.2, 0.25) is 5.82 Å². The van der Waals surface area contributed by atoms with E-state index in [2.05, 4.69) is 12.2 Å². The van der Waals surface area contributed by atoms with Crippen molar-refractivity contribution in [3.8, 4) is 0 Å². The van der Waals surface area contributed by atoms with Gasteiger partial charge in [-0.25, -0.2) is 0 Å². The minimum atomic E-state index is 0.495. The van der Waals surface area contributed by atoms with Crippen molar-refractivity contribution < 1.29 is 0 Å². The van der Waals surface area contributed by atoms with Crippen molar-refractivity contribution in [2.45, 2.75) is 50.8 Å². The monoisotopic (exact) mass is 200 g/mol. The Labute approximate surface area is 94.9 Å². The summed E-state index contributed by atoms with van der Waals surface area (Å²) in [5.74, 6) is 4.41. The van der Waals surface area contributed by atoms with Crippen LogP contribution >= 0.6 is 0 Å². The molecule has 4 unspecified atom stereocenters. The highest BCUT2D eigenvalue weighted by molar-refractivity contribution is 6.11. The van der Waals surface area contributed by atoms with Crippen LogP contribution in [0, 0.1) is 23.7 Å². The van der Waals surface area contributed by atoms with E-state index in [0.717, 1.165) is 23.7 Å². The summed E-state index contributed by atoms with van der Waals surface area (Å²) in [6.07, 6.45) is 14.7. The van der Waals surface area contributed by atoms with Gasteiger partial charge in [0, 0.05) is 0 Å². The van der Waals surface area contributed by atoms with E-state index in [0.29, 0.717) is 5.82 Å². The van der Waals surface area contributed by atoms with Crippen molar-refractivity contribution >= 4 is 7.85 Å². The van der Waals surface area contributed by atoms with Crippen LogP contribution in [-0.2, 0) is 0 Å². The Hall–Kier alpha value is -0.195. The van der Waals surface area contributed by atoms with Crippen LogP contribution in [-0.4, -0.2) is 7.85 Å². The van der Waals surface area contributed by atoms with Crippen molar-refractivity contribution in [3.05, 3.63) is 12.2 Å². The third kappa shape index (κ3) is 1.79. The molecule has 2 radical (unpaired) electrons. The van der Waals surface area contributed by atoms with E-state index in [4.69, 9.17) is 7.85 Å². The molecule has 0 N–H and O–H groups in total. The Morgan fingerprint density at radius 3 is 1.87 bits per heavy atom. The fourth-order valence-corrected chi connectivity index (χ4v) is 4.26. The predicted molar refractivity (Wildman–Crippen MR) is 64.9 cm³/mol. The molecule has 15 heavy (non-hydrogen) atoms. The van der Waals surface area contributed by atoms with Gasteiger partial charge in [-0.2, -0.15) is 0 Å². The summed E-state index contributed by atoms with van der Waals surface area (Å²) >= 11 is 0. The van der Waals surface area contributed by atoms with Gasteiger partial charge in [-0.05, 0) is 42.9 Å². The third-order valence-corrected chi connectivity index (χ3v) is 5.02. The van der Waals surface area contributed by atoms with Gasteiger partial charge in [0.25, 0.3) is 0 Å². The smallest absolute Gasteiger partial charge is 0.0699 e. The van der Waals surface area contributed by atoms with Gasteiger partial charge in [0.05, 0.1) is 7.85 Å². The van der Waals surface area contributed by atoms with E-state index in [1.165, 1.54) is 44.9 Å². The molecular formula is C14H21B. The summed E-state index contributed by atoms with van der Waals surface area (Å²) in [7, 11) is 6.09. The maximum Gasteiger partial charge on any atom is 0.0699 e. The molecule has 0 aromatic heterocycles. The molecule has 3 aliphatic carbocycles. The van der Waals surface area contributed by atoms with Crippen LogP contribution < -0.4 is 0 Å². The van der Waals surface area contributed by atoms with Gasteiger partial charge in [0.2, 0.25) is 0 Å². The number of hydrogen-bond donors (Lipinski definition) is 0. The molecule has 1 heteroatoms. The van der Waals surface area contributed by atoms with Gasteiger partial charge in [-0.3, -0.25) is 0 Å². The van der Waals surface area contributed by atoms with E-state index in [1.807, 2.05) is 0 Å². The largest absolute Gasteiger partial charge is 0.0848 e. The first kappa shape index (κ1) is 9.99. The number of fused-ring (bicyclic) bond motifs is 5. The second kappa shape index (κ2) is 3.99. The predicted octanol–water partition coefficient (Wildman–Crippen LogP) is 3.74. The zero-order valence-corrected chi connectivity index (χ0v) is 9.57. The quantitative estimate of drug-likeness (QED) is 0.412. The van der Waals surface area contributed by atoms with E-state index in [1.54, 1.807) is 0 Å². The Morgan fingerprint density at radius 1 is 0.800 bits per heavy atom. The van der Waals surface area contributed by atoms with Crippen LogP contribution in [0.4, 0.5) is 0 Å². The van der Waals surface area contributed by atoms with E-state index < -0.39 is 0 Å². The molecule has 80 valence electrons. The normalized spacial score (nSPS) is 49.5. The fraction of sp³-hybridized carbons (Fsp3) is 0.857. The van der Waals surface area contributed by atoms with Crippen LogP contribution in [0.25, 0.3) is 0 Å². The van der Waals surface area contributed by atoms with Crippen LogP contribution in [0.5, 0.6) is 0 Å². The van der Waals surface area contributed by atoms with Gasteiger partial charge in [-0.1, -0.05) is 43.7 Å². The molecule has 3 aliphatic rings. The summed E-state index contributed by atoms with van der Waals surface area (Å²) < 4.78 is 0. The molecule has 0 amide bonds. The van der Waals surface area contributed by atoms with Gasteiger partial charge < -0.3 is 0 Å². The van der Waals surface area contributed by atoms with Gasteiger partial charge in [-0.15, -0.1) is 0 Å². The first-order chi connectivity index (χ1) is 7.34. The molecule has 0 saturated heterocycles. The van der Waals surface area contributed by atoms with Crippen molar-refractivity contribution in [2.24, 2.45) is 23.7 Å². The first-order valence-corrected chi connectivity index (χ1v) is 6.78.